The Morgan fingerprint density at radius 3 is 2.34 bits per heavy atom. The van der Waals surface area contributed by atoms with E-state index in [-0.39, 0.29) is 11.6 Å². The van der Waals surface area contributed by atoms with Crippen LogP contribution >= 0.6 is 0 Å². The predicted molar refractivity (Wildman–Crippen MR) is 155 cm³/mol. The number of amides is 2. The minimum Gasteiger partial charge on any atom is -0.489 e. The summed E-state index contributed by atoms with van der Waals surface area (Å²) < 4.78 is 7.55. The molecule has 1 saturated heterocycles. The van der Waals surface area contributed by atoms with Crippen LogP contribution in [0.5, 0.6) is 5.75 Å². The molecular formula is C32H30N6O3. The van der Waals surface area contributed by atoms with Gasteiger partial charge < -0.3 is 20.3 Å². The van der Waals surface area contributed by atoms with E-state index in [1.54, 1.807) is 27.9 Å². The molecule has 1 atom stereocenters. The molecule has 1 fully saturated rings. The Morgan fingerprint density at radius 2 is 1.61 bits per heavy atom. The molecule has 3 heterocycles. The van der Waals surface area contributed by atoms with Crippen LogP contribution in [0, 0.1) is 0 Å². The van der Waals surface area contributed by atoms with Gasteiger partial charge in [0.25, 0.3) is 5.91 Å². The number of aromatic nitrogens is 3. The van der Waals surface area contributed by atoms with Crippen molar-refractivity contribution in [2.75, 3.05) is 26.2 Å². The number of nitrogens with one attached hydrogen (secondary N) is 2. The minimum absolute atomic E-state index is 0.133. The van der Waals surface area contributed by atoms with Crippen molar-refractivity contribution in [2.45, 2.75) is 12.6 Å². The molecular weight excluding hydrogens is 516 g/mol. The summed E-state index contributed by atoms with van der Waals surface area (Å²) in [5.74, 6) is 0.191. The molecule has 1 aliphatic rings. The molecule has 2 aromatic heterocycles. The Labute approximate surface area is 237 Å². The van der Waals surface area contributed by atoms with Gasteiger partial charge in [-0.2, -0.15) is 5.10 Å². The zero-order valence-electron chi connectivity index (χ0n) is 22.4. The molecule has 5 aromatic rings. The summed E-state index contributed by atoms with van der Waals surface area (Å²) in [5, 5.41) is 10.6. The van der Waals surface area contributed by atoms with Crippen LogP contribution in [-0.2, 0) is 11.4 Å². The predicted octanol–water partition coefficient (Wildman–Crippen LogP) is 3.88. The summed E-state index contributed by atoms with van der Waals surface area (Å²) in [6.07, 6.45) is 3.43. The van der Waals surface area contributed by atoms with Crippen molar-refractivity contribution in [3.8, 4) is 16.9 Å². The van der Waals surface area contributed by atoms with Gasteiger partial charge >= 0.3 is 0 Å². The second kappa shape index (κ2) is 12.0. The number of benzene rings is 3. The van der Waals surface area contributed by atoms with E-state index in [2.05, 4.69) is 20.7 Å². The number of hydrogen-bond donors (Lipinski definition) is 2. The second-order valence-electron chi connectivity index (χ2n) is 9.83. The second-order valence-corrected chi connectivity index (χ2v) is 9.83. The SMILES string of the molecule is O=C(N[C@@H](C(=O)N1CCNCC1)c1ccccc1)c1ccn2ncc(-c3ccc(OCc4ccccc4)cc3)c2n1. The van der Waals surface area contributed by atoms with Crippen LogP contribution in [-0.4, -0.2) is 57.5 Å². The number of carbonyl (C=O) groups is 2. The normalized spacial score (nSPS) is 14.0. The summed E-state index contributed by atoms with van der Waals surface area (Å²) in [7, 11) is 0. The van der Waals surface area contributed by atoms with Gasteiger partial charge in [0.1, 0.15) is 24.1 Å². The van der Waals surface area contributed by atoms with E-state index in [0.717, 1.165) is 41.1 Å². The van der Waals surface area contributed by atoms with Gasteiger partial charge in [-0.1, -0.05) is 72.8 Å². The van der Waals surface area contributed by atoms with Crippen molar-refractivity contribution in [3.63, 3.8) is 0 Å². The summed E-state index contributed by atoms with van der Waals surface area (Å²) in [6.45, 7) is 3.13. The zero-order chi connectivity index (χ0) is 28.0. The number of carbonyl (C=O) groups excluding carboxylic acids is 2. The van der Waals surface area contributed by atoms with E-state index in [1.807, 2.05) is 84.9 Å². The maximum Gasteiger partial charge on any atom is 0.270 e. The van der Waals surface area contributed by atoms with Crippen LogP contribution in [0.25, 0.3) is 16.8 Å². The zero-order valence-corrected chi connectivity index (χ0v) is 22.4. The topological polar surface area (TPSA) is 101 Å². The summed E-state index contributed by atoms with van der Waals surface area (Å²) >= 11 is 0. The van der Waals surface area contributed by atoms with Crippen molar-refractivity contribution in [1.29, 1.82) is 0 Å². The number of ether oxygens (including phenoxy) is 1. The van der Waals surface area contributed by atoms with Gasteiger partial charge in [0.2, 0.25) is 5.91 Å². The molecule has 2 amide bonds. The molecule has 0 spiro atoms. The van der Waals surface area contributed by atoms with Crippen molar-refractivity contribution in [3.05, 3.63) is 120 Å². The van der Waals surface area contributed by atoms with Crippen molar-refractivity contribution in [2.24, 2.45) is 0 Å². The highest BCUT2D eigenvalue weighted by atomic mass is 16.5. The first kappa shape index (κ1) is 26.2. The highest BCUT2D eigenvalue weighted by Gasteiger charge is 2.29. The van der Waals surface area contributed by atoms with E-state index in [0.29, 0.717) is 25.3 Å². The highest BCUT2D eigenvalue weighted by Crippen LogP contribution is 2.26. The number of hydrogen-bond acceptors (Lipinski definition) is 6. The maximum atomic E-state index is 13.5. The highest BCUT2D eigenvalue weighted by molar-refractivity contribution is 5.97. The molecule has 0 saturated carbocycles. The number of piperazine rings is 1. The van der Waals surface area contributed by atoms with Gasteiger partial charge in [0.15, 0.2) is 5.65 Å². The lowest BCUT2D eigenvalue weighted by Crippen LogP contribution is -2.50. The van der Waals surface area contributed by atoms with Crippen LogP contribution < -0.4 is 15.4 Å². The molecule has 6 rings (SSSR count). The summed E-state index contributed by atoms with van der Waals surface area (Å²) in [5.41, 5.74) is 4.25. The lowest BCUT2D eigenvalue weighted by molar-refractivity contribution is -0.134. The number of rotatable bonds is 8. The van der Waals surface area contributed by atoms with Gasteiger partial charge in [-0.05, 0) is 34.9 Å². The fraction of sp³-hybridized carbons (Fsp3) is 0.188. The third-order valence-electron chi connectivity index (χ3n) is 7.10. The van der Waals surface area contributed by atoms with Crippen LogP contribution in [0.15, 0.2) is 103 Å². The average molecular weight is 547 g/mol. The first-order valence-electron chi connectivity index (χ1n) is 13.6. The molecule has 0 bridgehead atoms. The van der Waals surface area contributed by atoms with Crippen LogP contribution in [0.1, 0.15) is 27.7 Å². The standard InChI is InChI=1S/C32H30N6O3/c39-31(36-29(25-9-5-2-6-10-25)32(40)37-19-16-33-17-20-37)28-15-18-38-30(35-28)27(21-34-38)24-11-13-26(14-12-24)41-22-23-7-3-1-4-8-23/h1-15,18,21,29,33H,16-17,19-20,22H2,(H,36,39)/t29-/m1/s1. The molecule has 1 aliphatic heterocycles. The Bertz CT molecular complexity index is 1630. The first-order valence-corrected chi connectivity index (χ1v) is 13.6. The first-order chi connectivity index (χ1) is 20.2. The molecule has 41 heavy (non-hydrogen) atoms. The summed E-state index contributed by atoms with van der Waals surface area (Å²) in [4.78, 5) is 33.4. The van der Waals surface area contributed by atoms with E-state index in [4.69, 9.17) is 4.74 Å². The lowest BCUT2D eigenvalue weighted by atomic mass is 10.0. The molecule has 0 unspecified atom stereocenters. The van der Waals surface area contributed by atoms with Gasteiger partial charge in [-0.15, -0.1) is 0 Å². The average Bonchev–Trinajstić information content (AvgIpc) is 3.47. The van der Waals surface area contributed by atoms with Crippen molar-refractivity contribution < 1.29 is 14.3 Å². The fourth-order valence-electron chi connectivity index (χ4n) is 4.88. The third-order valence-corrected chi connectivity index (χ3v) is 7.10. The van der Waals surface area contributed by atoms with E-state index < -0.39 is 11.9 Å². The number of nitrogens with zero attached hydrogens (tertiary/aromatic N) is 4. The molecule has 9 nitrogen and oxygen atoms in total. The summed E-state index contributed by atoms with van der Waals surface area (Å²) in [6, 6.07) is 27.8. The Morgan fingerprint density at radius 1 is 0.902 bits per heavy atom. The van der Waals surface area contributed by atoms with Crippen LogP contribution in [0.4, 0.5) is 0 Å². The largest absolute Gasteiger partial charge is 0.489 e. The number of fused-ring (bicyclic) bond motifs is 1. The van der Waals surface area contributed by atoms with Crippen LogP contribution in [0.3, 0.4) is 0 Å². The quantitative estimate of drug-likeness (QED) is 0.306. The van der Waals surface area contributed by atoms with Crippen LogP contribution in [0.2, 0.25) is 0 Å². The minimum atomic E-state index is -0.812. The molecule has 0 aliphatic carbocycles. The Kier molecular flexibility index (Phi) is 7.68. The Hall–Kier alpha value is -5.02. The van der Waals surface area contributed by atoms with Gasteiger partial charge in [0, 0.05) is 37.9 Å². The Balaban J connectivity index is 1.21. The molecule has 206 valence electrons. The lowest BCUT2D eigenvalue weighted by Gasteiger charge is -2.31. The molecule has 9 heteroatoms. The third kappa shape index (κ3) is 5.95. The van der Waals surface area contributed by atoms with Crippen molar-refractivity contribution in [1.82, 2.24) is 30.1 Å². The fourth-order valence-corrected chi connectivity index (χ4v) is 4.88. The van der Waals surface area contributed by atoms with Gasteiger partial charge in [-0.25, -0.2) is 9.50 Å². The van der Waals surface area contributed by atoms with E-state index in [1.165, 1.54) is 0 Å². The van der Waals surface area contributed by atoms with Gasteiger partial charge in [-0.3, -0.25) is 9.59 Å². The maximum absolute atomic E-state index is 13.5. The molecule has 2 N–H and O–H groups in total. The van der Waals surface area contributed by atoms with Crippen molar-refractivity contribution >= 4 is 17.5 Å². The van der Waals surface area contributed by atoms with E-state index in [9.17, 15) is 9.59 Å². The van der Waals surface area contributed by atoms with E-state index >= 15 is 0 Å². The molecule has 0 radical (unpaired) electrons. The van der Waals surface area contributed by atoms with Gasteiger partial charge in [0.05, 0.1) is 6.20 Å². The smallest absolute Gasteiger partial charge is 0.270 e. The molecule has 3 aromatic carbocycles. The monoisotopic (exact) mass is 546 g/mol.